The molecule has 1 aromatic carbocycles. The highest BCUT2D eigenvalue weighted by molar-refractivity contribution is 5.95. The molecule has 1 saturated carbocycles. The van der Waals surface area contributed by atoms with Gasteiger partial charge in [0, 0.05) is 30.6 Å². The Balaban J connectivity index is 1.42. The van der Waals surface area contributed by atoms with Gasteiger partial charge in [0.15, 0.2) is 0 Å². The van der Waals surface area contributed by atoms with Gasteiger partial charge in [-0.15, -0.1) is 0 Å². The summed E-state index contributed by atoms with van der Waals surface area (Å²) in [7, 11) is 0. The van der Waals surface area contributed by atoms with Gasteiger partial charge in [-0.3, -0.25) is 14.4 Å². The summed E-state index contributed by atoms with van der Waals surface area (Å²) in [5.74, 6) is 0.0150. The molecule has 1 aliphatic heterocycles. The zero-order valence-corrected chi connectivity index (χ0v) is 14.6. The van der Waals surface area contributed by atoms with Gasteiger partial charge in [-0.05, 0) is 44.2 Å². The number of rotatable bonds is 5. The van der Waals surface area contributed by atoms with Crippen LogP contribution in [0, 0.1) is 12.8 Å². The first-order valence-corrected chi connectivity index (χ1v) is 8.96. The molecule has 3 rings (SSSR count). The molecule has 0 spiro atoms. The Morgan fingerprint density at radius 3 is 2.40 bits per heavy atom. The van der Waals surface area contributed by atoms with E-state index < -0.39 is 0 Å². The summed E-state index contributed by atoms with van der Waals surface area (Å²) in [4.78, 5) is 37.9. The Labute approximate surface area is 148 Å². The molecule has 2 aliphatic rings. The average Bonchev–Trinajstić information content (AvgIpc) is 3.45. The predicted molar refractivity (Wildman–Crippen MR) is 94.0 cm³/mol. The van der Waals surface area contributed by atoms with Crippen molar-refractivity contribution in [2.45, 2.75) is 38.6 Å². The molecule has 1 heterocycles. The van der Waals surface area contributed by atoms with E-state index in [9.17, 15) is 14.4 Å². The molecule has 0 aromatic heterocycles. The van der Waals surface area contributed by atoms with Crippen LogP contribution in [0.1, 0.15) is 41.6 Å². The van der Waals surface area contributed by atoms with Gasteiger partial charge >= 0.3 is 0 Å². The van der Waals surface area contributed by atoms with Crippen molar-refractivity contribution in [1.29, 1.82) is 0 Å². The lowest BCUT2D eigenvalue weighted by molar-refractivity contribution is -0.134. The van der Waals surface area contributed by atoms with Gasteiger partial charge in [-0.2, -0.15) is 0 Å². The van der Waals surface area contributed by atoms with E-state index in [1.54, 1.807) is 4.90 Å². The number of carbonyl (C=O) groups excluding carboxylic acids is 3. The zero-order valence-electron chi connectivity index (χ0n) is 14.6. The van der Waals surface area contributed by atoms with Crippen LogP contribution in [0.3, 0.4) is 0 Å². The average molecular weight is 343 g/mol. The fourth-order valence-electron chi connectivity index (χ4n) is 3.13. The van der Waals surface area contributed by atoms with E-state index in [1.165, 1.54) is 0 Å². The van der Waals surface area contributed by atoms with Crippen molar-refractivity contribution in [3.05, 3.63) is 35.4 Å². The van der Waals surface area contributed by atoms with Gasteiger partial charge < -0.3 is 15.5 Å². The molecular weight excluding hydrogens is 318 g/mol. The quantitative estimate of drug-likeness (QED) is 0.844. The number of amides is 3. The third kappa shape index (κ3) is 4.59. The highest BCUT2D eigenvalue weighted by Gasteiger charge is 2.30. The first-order valence-electron chi connectivity index (χ1n) is 8.96. The van der Waals surface area contributed by atoms with Crippen LogP contribution in [-0.4, -0.2) is 48.3 Å². The predicted octanol–water partition coefficient (Wildman–Crippen LogP) is 1.24. The second kappa shape index (κ2) is 7.68. The normalized spacial score (nSPS) is 17.9. The second-order valence-corrected chi connectivity index (χ2v) is 6.94. The topological polar surface area (TPSA) is 78.5 Å². The fraction of sp³-hybridized carbons (Fsp3) is 0.526. The molecule has 6 heteroatoms. The van der Waals surface area contributed by atoms with Crippen LogP contribution >= 0.6 is 0 Å². The number of aryl methyl sites for hydroxylation is 1. The van der Waals surface area contributed by atoms with E-state index in [0.717, 1.165) is 31.2 Å². The smallest absolute Gasteiger partial charge is 0.251 e. The lowest BCUT2D eigenvalue weighted by atomic mass is 10.0. The highest BCUT2D eigenvalue weighted by Crippen LogP contribution is 2.28. The lowest BCUT2D eigenvalue weighted by Gasteiger charge is -2.32. The minimum Gasteiger partial charge on any atom is -0.349 e. The molecule has 1 saturated heterocycles. The van der Waals surface area contributed by atoms with E-state index in [4.69, 9.17) is 0 Å². The third-order valence-corrected chi connectivity index (χ3v) is 4.93. The van der Waals surface area contributed by atoms with E-state index in [1.807, 2.05) is 31.2 Å². The molecule has 134 valence electrons. The summed E-state index contributed by atoms with van der Waals surface area (Å²) in [6.45, 7) is 3.22. The van der Waals surface area contributed by atoms with Gasteiger partial charge in [0.1, 0.15) is 0 Å². The Hall–Kier alpha value is -2.37. The van der Waals surface area contributed by atoms with Crippen molar-refractivity contribution in [2.24, 2.45) is 5.92 Å². The molecule has 2 fully saturated rings. The molecule has 1 aromatic rings. The number of nitrogens with zero attached hydrogens (tertiary/aromatic N) is 1. The van der Waals surface area contributed by atoms with Crippen LogP contribution in [0.5, 0.6) is 0 Å². The molecule has 1 aliphatic carbocycles. The zero-order chi connectivity index (χ0) is 17.8. The number of piperidine rings is 1. The van der Waals surface area contributed by atoms with Crippen molar-refractivity contribution in [3.8, 4) is 0 Å². The maximum atomic E-state index is 12.4. The van der Waals surface area contributed by atoms with E-state index in [0.29, 0.717) is 18.7 Å². The standard InChI is InChI=1S/C19H25N3O3/c1-13-4-2-3-5-16(13)19(25)21-15-8-10-22(11-9-15)17(23)12-20-18(24)14-6-7-14/h2-5,14-15H,6-12H2,1H3,(H,20,24)(H,21,25). The van der Waals surface area contributed by atoms with E-state index in [2.05, 4.69) is 10.6 Å². The van der Waals surface area contributed by atoms with Crippen LogP contribution in [-0.2, 0) is 9.59 Å². The van der Waals surface area contributed by atoms with Crippen LogP contribution < -0.4 is 10.6 Å². The largest absolute Gasteiger partial charge is 0.349 e. The highest BCUT2D eigenvalue weighted by atomic mass is 16.2. The summed E-state index contributed by atoms with van der Waals surface area (Å²) in [5, 5.41) is 5.78. The van der Waals surface area contributed by atoms with Crippen molar-refractivity contribution < 1.29 is 14.4 Å². The number of hydrogen-bond acceptors (Lipinski definition) is 3. The molecule has 0 unspecified atom stereocenters. The maximum absolute atomic E-state index is 12.4. The monoisotopic (exact) mass is 343 g/mol. The number of benzene rings is 1. The summed E-state index contributed by atoms with van der Waals surface area (Å²) in [6.07, 6.45) is 3.35. The summed E-state index contributed by atoms with van der Waals surface area (Å²) < 4.78 is 0. The maximum Gasteiger partial charge on any atom is 0.251 e. The van der Waals surface area contributed by atoms with Crippen LogP contribution in [0.2, 0.25) is 0 Å². The molecule has 2 N–H and O–H groups in total. The molecule has 25 heavy (non-hydrogen) atoms. The minimum absolute atomic E-state index is 0.00581. The van der Waals surface area contributed by atoms with Gasteiger partial charge in [0.25, 0.3) is 5.91 Å². The first kappa shape index (κ1) is 17.5. The Kier molecular flexibility index (Phi) is 5.36. The molecule has 0 bridgehead atoms. The van der Waals surface area contributed by atoms with E-state index in [-0.39, 0.29) is 36.2 Å². The first-order chi connectivity index (χ1) is 12.0. The molecule has 0 radical (unpaired) electrons. The summed E-state index contributed by atoms with van der Waals surface area (Å²) in [5.41, 5.74) is 1.66. The SMILES string of the molecule is Cc1ccccc1C(=O)NC1CCN(C(=O)CNC(=O)C2CC2)CC1. The minimum atomic E-state index is -0.0560. The molecular formula is C19H25N3O3. The number of likely N-dealkylation sites (tertiary alicyclic amines) is 1. The Bertz CT molecular complexity index is 662. The van der Waals surface area contributed by atoms with Crippen molar-refractivity contribution >= 4 is 17.7 Å². The molecule has 3 amide bonds. The van der Waals surface area contributed by atoms with Gasteiger partial charge in [-0.25, -0.2) is 0 Å². The Morgan fingerprint density at radius 2 is 1.76 bits per heavy atom. The van der Waals surface area contributed by atoms with Crippen molar-refractivity contribution in [3.63, 3.8) is 0 Å². The van der Waals surface area contributed by atoms with Gasteiger partial charge in [0.2, 0.25) is 11.8 Å². The van der Waals surface area contributed by atoms with Crippen LogP contribution in [0.25, 0.3) is 0 Å². The fourth-order valence-corrected chi connectivity index (χ4v) is 3.13. The van der Waals surface area contributed by atoms with Crippen LogP contribution in [0.4, 0.5) is 0 Å². The van der Waals surface area contributed by atoms with E-state index >= 15 is 0 Å². The van der Waals surface area contributed by atoms with Crippen LogP contribution in [0.15, 0.2) is 24.3 Å². The number of nitrogens with one attached hydrogen (secondary N) is 2. The summed E-state index contributed by atoms with van der Waals surface area (Å²) >= 11 is 0. The van der Waals surface area contributed by atoms with Crippen molar-refractivity contribution in [2.75, 3.05) is 19.6 Å². The molecule has 0 atom stereocenters. The second-order valence-electron chi connectivity index (χ2n) is 6.94. The van der Waals surface area contributed by atoms with Gasteiger partial charge in [-0.1, -0.05) is 18.2 Å². The summed E-state index contributed by atoms with van der Waals surface area (Å²) in [6, 6.07) is 7.60. The lowest BCUT2D eigenvalue weighted by Crippen LogP contribution is -2.49. The number of hydrogen-bond donors (Lipinski definition) is 2. The Morgan fingerprint density at radius 1 is 1.08 bits per heavy atom. The van der Waals surface area contributed by atoms with Gasteiger partial charge in [0.05, 0.1) is 6.54 Å². The third-order valence-electron chi connectivity index (χ3n) is 4.93. The number of carbonyl (C=O) groups is 3. The van der Waals surface area contributed by atoms with Crippen molar-refractivity contribution in [1.82, 2.24) is 15.5 Å². The molecule has 6 nitrogen and oxygen atoms in total.